The number of carbonyl (C=O) groups excluding carboxylic acids is 1. The maximum absolute atomic E-state index is 11.8. The number of nitrogens with one attached hydrogen (secondary N) is 1. The molecule has 0 spiro atoms. The van der Waals surface area contributed by atoms with Gasteiger partial charge in [-0.25, -0.2) is 0 Å². The molecule has 1 atom stereocenters. The minimum Gasteiger partial charge on any atom is -0.351 e. The lowest BCUT2D eigenvalue weighted by molar-refractivity contribution is 0.0950. The monoisotopic (exact) mass is 277 g/mol. The smallest absolute Gasteiger partial charge is 0.261 e. The van der Waals surface area contributed by atoms with Gasteiger partial charge in [0.05, 0.1) is 10.6 Å². The molecule has 0 fully saturated rings. The quantitative estimate of drug-likeness (QED) is 0.913. The van der Waals surface area contributed by atoms with Crippen LogP contribution in [0.3, 0.4) is 0 Å². The second-order valence-corrected chi connectivity index (χ2v) is 5.85. The van der Waals surface area contributed by atoms with Gasteiger partial charge in [0.1, 0.15) is 0 Å². The highest BCUT2D eigenvalue weighted by molar-refractivity contribution is 7.12. The second-order valence-electron chi connectivity index (χ2n) is 4.90. The standard InChI is InChI=1S/C14H19N3OS/c1-10(9-17-12(3)7-11(2)16-17)8-15-14(18)13-5-4-6-19-13/h4-7,10H,8-9H2,1-3H3,(H,15,18). The number of thiophene rings is 1. The van der Waals surface area contributed by atoms with Crippen LogP contribution in [0, 0.1) is 19.8 Å². The summed E-state index contributed by atoms with van der Waals surface area (Å²) in [7, 11) is 0. The van der Waals surface area contributed by atoms with Gasteiger partial charge in [-0.05, 0) is 37.3 Å². The van der Waals surface area contributed by atoms with Crippen LogP contribution in [0.4, 0.5) is 0 Å². The summed E-state index contributed by atoms with van der Waals surface area (Å²) in [6, 6.07) is 5.79. The summed E-state index contributed by atoms with van der Waals surface area (Å²) in [5, 5.41) is 9.31. The molecule has 0 bridgehead atoms. The minimum absolute atomic E-state index is 0.00946. The first-order chi connectivity index (χ1) is 9.06. The fourth-order valence-corrected chi connectivity index (χ4v) is 2.62. The molecular formula is C14H19N3OS. The van der Waals surface area contributed by atoms with Crippen LogP contribution in [0.25, 0.3) is 0 Å². The minimum atomic E-state index is 0.00946. The summed E-state index contributed by atoms with van der Waals surface area (Å²) in [6.45, 7) is 7.65. The Labute approximate surface area is 117 Å². The van der Waals surface area contributed by atoms with Crippen molar-refractivity contribution in [3.63, 3.8) is 0 Å². The van der Waals surface area contributed by atoms with Crippen LogP contribution in [0.5, 0.6) is 0 Å². The van der Waals surface area contributed by atoms with Gasteiger partial charge in [0.15, 0.2) is 0 Å². The van der Waals surface area contributed by atoms with Gasteiger partial charge in [0, 0.05) is 18.8 Å². The first-order valence-electron chi connectivity index (χ1n) is 6.39. The van der Waals surface area contributed by atoms with Gasteiger partial charge in [-0.1, -0.05) is 13.0 Å². The van der Waals surface area contributed by atoms with E-state index in [1.54, 1.807) is 0 Å². The van der Waals surface area contributed by atoms with Crippen LogP contribution in [-0.2, 0) is 6.54 Å². The molecule has 2 heterocycles. The lowest BCUT2D eigenvalue weighted by Crippen LogP contribution is -2.29. The fourth-order valence-electron chi connectivity index (χ4n) is 1.98. The molecular weight excluding hydrogens is 258 g/mol. The molecule has 1 unspecified atom stereocenters. The van der Waals surface area contributed by atoms with E-state index in [0.717, 1.165) is 22.8 Å². The maximum Gasteiger partial charge on any atom is 0.261 e. The Bertz CT molecular complexity index is 545. The van der Waals surface area contributed by atoms with E-state index in [0.29, 0.717) is 12.5 Å². The van der Waals surface area contributed by atoms with Crippen molar-refractivity contribution in [1.29, 1.82) is 0 Å². The largest absolute Gasteiger partial charge is 0.351 e. The predicted molar refractivity (Wildman–Crippen MR) is 77.5 cm³/mol. The van der Waals surface area contributed by atoms with Crippen LogP contribution < -0.4 is 5.32 Å². The van der Waals surface area contributed by atoms with Gasteiger partial charge in [0.25, 0.3) is 5.91 Å². The molecule has 4 nitrogen and oxygen atoms in total. The molecule has 0 aliphatic rings. The van der Waals surface area contributed by atoms with Crippen LogP contribution in [-0.4, -0.2) is 22.2 Å². The molecule has 0 saturated carbocycles. The highest BCUT2D eigenvalue weighted by Crippen LogP contribution is 2.09. The van der Waals surface area contributed by atoms with Crippen LogP contribution in [0.2, 0.25) is 0 Å². The zero-order valence-corrected chi connectivity index (χ0v) is 12.3. The van der Waals surface area contributed by atoms with E-state index >= 15 is 0 Å². The molecule has 0 aliphatic carbocycles. The number of hydrogen-bond donors (Lipinski definition) is 1. The zero-order chi connectivity index (χ0) is 13.8. The van der Waals surface area contributed by atoms with Crippen LogP contribution in [0.15, 0.2) is 23.6 Å². The Morgan fingerprint density at radius 2 is 2.32 bits per heavy atom. The third kappa shape index (κ3) is 3.67. The third-order valence-electron chi connectivity index (χ3n) is 2.94. The molecule has 1 N–H and O–H groups in total. The van der Waals surface area contributed by atoms with Crippen molar-refractivity contribution in [3.05, 3.63) is 39.8 Å². The molecule has 2 rings (SSSR count). The highest BCUT2D eigenvalue weighted by atomic mass is 32.1. The predicted octanol–water partition coefficient (Wildman–Crippen LogP) is 2.63. The van der Waals surface area contributed by atoms with E-state index in [1.807, 2.05) is 29.1 Å². The van der Waals surface area contributed by atoms with Crippen molar-refractivity contribution in [1.82, 2.24) is 15.1 Å². The van der Waals surface area contributed by atoms with Gasteiger partial charge in [-0.3, -0.25) is 9.48 Å². The SMILES string of the molecule is Cc1cc(C)n(CC(C)CNC(=O)c2cccs2)n1. The molecule has 19 heavy (non-hydrogen) atoms. The summed E-state index contributed by atoms with van der Waals surface area (Å²) >= 11 is 1.46. The number of nitrogens with zero attached hydrogens (tertiary/aromatic N) is 2. The number of hydrogen-bond acceptors (Lipinski definition) is 3. The lowest BCUT2D eigenvalue weighted by atomic mass is 10.2. The Balaban J connectivity index is 1.83. The van der Waals surface area contributed by atoms with Gasteiger partial charge in [-0.15, -0.1) is 11.3 Å². The van der Waals surface area contributed by atoms with Crippen molar-refractivity contribution in [2.75, 3.05) is 6.54 Å². The number of aryl methyl sites for hydroxylation is 2. The van der Waals surface area contributed by atoms with Crippen molar-refractivity contribution < 1.29 is 4.79 Å². The van der Waals surface area contributed by atoms with E-state index in [-0.39, 0.29) is 5.91 Å². The van der Waals surface area contributed by atoms with Crippen molar-refractivity contribution >= 4 is 17.2 Å². The van der Waals surface area contributed by atoms with E-state index in [2.05, 4.69) is 30.3 Å². The van der Waals surface area contributed by atoms with E-state index in [1.165, 1.54) is 11.3 Å². The number of rotatable bonds is 5. The van der Waals surface area contributed by atoms with Gasteiger partial charge in [0.2, 0.25) is 0 Å². The Hall–Kier alpha value is -1.62. The normalized spacial score (nSPS) is 12.4. The number of amides is 1. The molecule has 0 aliphatic heterocycles. The van der Waals surface area contributed by atoms with Crippen molar-refractivity contribution in [2.24, 2.45) is 5.92 Å². The van der Waals surface area contributed by atoms with Crippen LogP contribution >= 0.6 is 11.3 Å². The van der Waals surface area contributed by atoms with Gasteiger partial charge >= 0.3 is 0 Å². The third-order valence-corrected chi connectivity index (χ3v) is 3.81. The average molecular weight is 277 g/mol. The summed E-state index contributed by atoms with van der Waals surface area (Å²) in [4.78, 5) is 12.6. The fraction of sp³-hybridized carbons (Fsp3) is 0.429. The zero-order valence-electron chi connectivity index (χ0n) is 11.5. The Morgan fingerprint density at radius 3 is 2.89 bits per heavy atom. The number of aromatic nitrogens is 2. The van der Waals surface area contributed by atoms with E-state index in [4.69, 9.17) is 0 Å². The van der Waals surface area contributed by atoms with Crippen LogP contribution in [0.1, 0.15) is 28.0 Å². The molecule has 2 aromatic rings. The first-order valence-corrected chi connectivity index (χ1v) is 7.27. The summed E-state index contributed by atoms with van der Waals surface area (Å²) in [6.07, 6.45) is 0. The molecule has 102 valence electrons. The molecule has 1 amide bonds. The molecule has 0 radical (unpaired) electrons. The van der Waals surface area contributed by atoms with E-state index in [9.17, 15) is 4.79 Å². The Kier molecular flexibility index (Phi) is 4.37. The number of carbonyl (C=O) groups is 1. The average Bonchev–Trinajstić information content (AvgIpc) is 2.97. The first kappa shape index (κ1) is 13.8. The topological polar surface area (TPSA) is 46.9 Å². The second kappa shape index (κ2) is 6.02. The lowest BCUT2D eigenvalue weighted by Gasteiger charge is -2.13. The van der Waals surface area contributed by atoms with Gasteiger partial charge in [-0.2, -0.15) is 5.10 Å². The summed E-state index contributed by atoms with van der Waals surface area (Å²) < 4.78 is 2.00. The van der Waals surface area contributed by atoms with Crippen molar-refractivity contribution in [3.8, 4) is 0 Å². The highest BCUT2D eigenvalue weighted by Gasteiger charge is 2.10. The molecule has 0 saturated heterocycles. The van der Waals surface area contributed by atoms with Gasteiger partial charge < -0.3 is 5.32 Å². The van der Waals surface area contributed by atoms with E-state index < -0.39 is 0 Å². The molecule has 5 heteroatoms. The maximum atomic E-state index is 11.8. The molecule has 0 aromatic carbocycles. The molecule has 2 aromatic heterocycles. The van der Waals surface area contributed by atoms with Crippen molar-refractivity contribution in [2.45, 2.75) is 27.3 Å². The summed E-state index contributed by atoms with van der Waals surface area (Å²) in [5.41, 5.74) is 2.20. The summed E-state index contributed by atoms with van der Waals surface area (Å²) in [5.74, 6) is 0.358. The Morgan fingerprint density at radius 1 is 1.53 bits per heavy atom.